The van der Waals surface area contributed by atoms with Gasteiger partial charge in [0, 0.05) is 29.2 Å². The second kappa shape index (κ2) is 6.00. The number of nitrogens with one attached hydrogen (secondary N) is 1. The van der Waals surface area contributed by atoms with Crippen LogP contribution in [-0.4, -0.2) is 30.6 Å². The van der Waals surface area contributed by atoms with Crippen LogP contribution in [0.1, 0.15) is 25.3 Å². The van der Waals surface area contributed by atoms with Crippen LogP contribution < -0.4 is 5.32 Å². The average molecular weight is 271 g/mol. The first-order chi connectivity index (χ1) is 8.56. The Balaban J connectivity index is 1.90. The largest absolute Gasteiger partial charge is 0.310 e. The van der Waals surface area contributed by atoms with E-state index in [4.69, 9.17) is 11.6 Å². The van der Waals surface area contributed by atoms with Crippen molar-refractivity contribution in [2.75, 3.05) is 13.6 Å². The fourth-order valence-corrected chi connectivity index (χ4v) is 2.60. The van der Waals surface area contributed by atoms with Crippen LogP contribution in [0.4, 0.5) is 4.39 Å². The zero-order valence-corrected chi connectivity index (χ0v) is 11.7. The summed E-state index contributed by atoms with van der Waals surface area (Å²) in [5, 5.41) is 4.02. The van der Waals surface area contributed by atoms with E-state index in [9.17, 15) is 4.39 Å². The van der Waals surface area contributed by atoms with E-state index in [1.54, 1.807) is 12.1 Å². The standard InChI is InChI=1S/C14H20ClFN2/c1-10-7-13(5-6-18(10)2)17-9-11-8-12(15)3-4-14(11)16/h3-4,8,10,13,17H,5-7,9H2,1-2H3. The summed E-state index contributed by atoms with van der Waals surface area (Å²) in [7, 11) is 2.15. The summed E-state index contributed by atoms with van der Waals surface area (Å²) in [6.07, 6.45) is 2.22. The summed E-state index contributed by atoms with van der Waals surface area (Å²) in [5.74, 6) is -0.187. The summed E-state index contributed by atoms with van der Waals surface area (Å²) in [6.45, 7) is 3.87. The van der Waals surface area contributed by atoms with Gasteiger partial charge in [0.1, 0.15) is 5.82 Å². The van der Waals surface area contributed by atoms with E-state index in [2.05, 4.69) is 24.2 Å². The second-order valence-corrected chi connectivity index (χ2v) is 5.60. The van der Waals surface area contributed by atoms with Gasteiger partial charge in [0.25, 0.3) is 0 Å². The lowest BCUT2D eigenvalue weighted by atomic mass is 9.98. The molecule has 2 unspecified atom stereocenters. The molecule has 4 heteroatoms. The third-order valence-electron chi connectivity index (χ3n) is 3.80. The lowest BCUT2D eigenvalue weighted by molar-refractivity contribution is 0.168. The molecular formula is C14H20ClFN2. The van der Waals surface area contributed by atoms with Crippen molar-refractivity contribution in [3.05, 3.63) is 34.6 Å². The topological polar surface area (TPSA) is 15.3 Å². The van der Waals surface area contributed by atoms with Crippen LogP contribution in [0.25, 0.3) is 0 Å². The predicted molar refractivity (Wildman–Crippen MR) is 73.4 cm³/mol. The molecule has 1 fully saturated rings. The first-order valence-electron chi connectivity index (χ1n) is 6.44. The number of halogens is 2. The minimum absolute atomic E-state index is 0.187. The van der Waals surface area contributed by atoms with Crippen LogP contribution in [-0.2, 0) is 6.54 Å². The number of hydrogen-bond acceptors (Lipinski definition) is 2. The SMILES string of the molecule is CC1CC(NCc2cc(Cl)ccc2F)CCN1C. The molecule has 0 radical (unpaired) electrons. The zero-order chi connectivity index (χ0) is 13.1. The summed E-state index contributed by atoms with van der Waals surface area (Å²) >= 11 is 5.88. The van der Waals surface area contributed by atoms with Gasteiger partial charge in [0.05, 0.1) is 0 Å². The molecule has 0 saturated carbocycles. The Morgan fingerprint density at radius 1 is 1.50 bits per heavy atom. The summed E-state index contributed by atoms with van der Waals surface area (Å²) in [5.41, 5.74) is 0.647. The highest BCUT2D eigenvalue weighted by Crippen LogP contribution is 2.18. The molecule has 100 valence electrons. The van der Waals surface area contributed by atoms with E-state index in [0.717, 1.165) is 19.4 Å². The third-order valence-corrected chi connectivity index (χ3v) is 4.03. The molecule has 1 N–H and O–H groups in total. The molecule has 18 heavy (non-hydrogen) atoms. The minimum Gasteiger partial charge on any atom is -0.310 e. The lowest BCUT2D eigenvalue weighted by Crippen LogP contribution is -2.45. The van der Waals surface area contributed by atoms with Crippen LogP contribution in [0, 0.1) is 5.82 Å². The molecule has 0 bridgehead atoms. The molecule has 0 amide bonds. The Kier molecular flexibility index (Phi) is 4.60. The molecule has 1 aliphatic rings. The molecule has 2 atom stereocenters. The van der Waals surface area contributed by atoms with Gasteiger partial charge in [-0.15, -0.1) is 0 Å². The predicted octanol–water partition coefficient (Wildman–Crippen LogP) is 3.05. The summed E-state index contributed by atoms with van der Waals surface area (Å²) in [6, 6.07) is 5.76. The van der Waals surface area contributed by atoms with Crippen molar-refractivity contribution < 1.29 is 4.39 Å². The van der Waals surface area contributed by atoms with Crippen LogP contribution in [0.3, 0.4) is 0 Å². The second-order valence-electron chi connectivity index (χ2n) is 5.17. The first-order valence-corrected chi connectivity index (χ1v) is 6.81. The molecule has 0 spiro atoms. The average Bonchev–Trinajstić information content (AvgIpc) is 2.34. The third kappa shape index (κ3) is 3.44. The normalized spacial score (nSPS) is 25.3. The van der Waals surface area contributed by atoms with Gasteiger partial charge in [0.15, 0.2) is 0 Å². The maximum atomic E-state index is 13.6. The van der Waals surface area contributed by atoms with Crippen molar-refractivity contribution in [2.45, 2.75) is 38.4 Å². The zero-order valence-electron chi connectivity index (χ0n) is 10.9. The molecule has 0 aromatic heterocycles. The van der Waals surface area contributed by atoms with Crippen molar-refractivity contribution in [3.8, 4) is 0 Å². The fraction of sp³-hybridized carbons (Fsp3) is 0.571. The van der Waals surface area contributed by atoms with Gasteiger partial charge in [0.2, 0.25) is 0 Å². The van der Waals surface area contributed by atoms with Gasteiger partial charge in [-0.2, -0.15) is 0 Å². The molecule has 1 aromatic rings. The molecule has 1 aromatic carbocycles. The van der Waals surface area contributed by atoms with Gasteiger partial charge in [-0.05, 0) is 51.6 Å². The quantitative estimate of drug-likeness (QED) is 0.908. The van der Waals surface area contributed by atoms with E-state index >= 15 is 0 Å². The maximum absolute atomic E-state index is 13.6. The number of likely N-dealkylation sites (tertiary alicyclic amines) is 1. The first kappa shape index (κ1) is 13.8. The van der Waals surface area contributed by atoms with Crippen LogP contribution in [0.2, 0.25) is 5.02 Å². The Labute approximate surface area is 113 Å². The monoisotopic (exact) mass is 270 g/mol. The Bertz CT molecular complexity index is 411. The van der Waals surface area contributed by atoms with Crippen molar-refractivity contribution in [3.63, 3.8) is 0 Å². The maximum Gasteiger partial charge on any atom is 0.127 e. The van der Waals surface area contributed by atoms with Crippen LogP contribution in [0.15, 0.2) is 18.2 Å². The van der Waals surface area contributed by atoms with Gasteiger partial charge in [-0.3, -0.25) is 0 Å². The van der Waals surface area contributed by atoms with Gasteiger partial charge in [-0.25, -0.2) is 4.39 Å². The Hall–Kier alpha value is -0.640. The lowest BCUT2D eigenvalue weighted by Gasteiger charge is -2.35. The van der Waals surface area contributed by atoms with E-state index in [1.807, 2.05) is 0 Å². The molecule has 2 nitrogen and oxygen atoms in total. The molecule has 1 heterocycles. The van der Waals surface area contributed by atoms with Crippen LogP contribution >= 0.6 is 11.6 Å². The van der Waals surface area contributed by atoms with Gasteiger partial charge < -0.3 is 10.2 Å². The van der Waals surface area contributed by atoms with E-state index in [1.165, 1.54) is 6.07 Å². The van der Waals surface area contributed by atoms with E-state index in [-0.39, 0.29) is 5.82 Å². The highest BCUT2D eigenvalue weighted by molar-refractivity contribution is 6.30. The van der Waals surface area contributed by atoms with E-state index in [0.29, 0.717) is 29.2 Å². The number of nitrogens with zero attached hydrogens (tertiary/aromatic N) is 1. The highest BCUT2D eigenvalue weighted by Gasteiger charge is 2.22. The van der Waals surface area contributed by atoms with Crippen molar-refractivity contribution >= 4 is 11.6 Å². The molecule has 0 aliphatic carbocycles. The summed E-state index contributed by atoms with van der Waals surface area (Å²) < 4.78 is 13.6. The smallest absolute Gasteiger partial charge is 0.127 e. The fourth-order valence-electron chi connectivity index (χ4n) is 2.41. The Morgan fingerprint density at radius 3 is 3.00 bits per heavy atom. The highest BCUT2D eigenvalue weighted by atomic mass is 35.5. The molecular weight excluding hydrogens is 251 g/mol. The molecule has 1 saturated heterocycles. The van der Waals surface area contributed by atoms with Crippen molar-refractivity contribution in [1.29, 1.82) is 0 Å². The number of piperidine rings is 1. The number of hydrogen-bond donors (Lipinski definition) is 1. The minimum atomic E-state index is -0.187. The molecule has 1 aliphatic heterocycles. The van der Waals surface area contributed by atoms with Crippen molar-refractivity contribution in [1.82, 2.24) is 10.2 Å². The number of rotatable bonds is 3. The van der Waals surface area contributed by atoms with E-state index < -0.39 is 0 Å². The van der Waals surface area contributed by atoms with Crippen molar-refractivity contribution in [2.24, 2.45) is 0 Å². The summed E-state index contributed by atoms with van der Waals surface area (Å²) in [4.78, 5) is 2.36. The van der Waals surface area contributed by atoms with Crippen LogP contribution in [0.5, 0.6) is 0 Å². The van der Waals surface area contributed by atoms with Gasteiger partial charge >= 0.3 is 0 Å². The molecule has 2 rings (SSSR count). The Morgan fingerprint density at radius 2 is 2.28 bits per heavy atom. The number of benzene rings is 1. The van der Waals surface area contributed by atoms with Gasteiger partial charge in [-0.1, -0.05) is 11.6 Å².